The van der Waals surface area contributed by atoms with E-state index in [0.717, 1.165) is 0 Å². The van der Waals surface area contributed by atoms with Gasteiger partial charge in [0.2, 0.25) is 0 Å². The minimum absolute atomic E-state index is 0.215. The molecule has 0 amide bonds. The van der Waals surface area contributed by atoms with E-state index in [4.69, 9.17) is 11.5 Å². The van der Waals surface area contributed by atoms with Crippen molar-refractivity contribution in [3.8, 4) is 0 Å². The van der Waals surface area contributed by atoms with Crippen molar-refractivity contribution in [3.63, 3.8) is 0 Å². The Morgan fingerprint density at radius 1 is 0.947 bits per heavy atom. The molecule has 0 spiro atoms. The molecular weight excluding hydrogens is 308 g/mol. The van der Waals surface area contributed by atoms with E-state index < -0.39 is 32.2 Å². The van der Waals surface area contributed by atoms with Gasteiger partial charge in [-0.15, -0.1) is 0 Å². The number of thioether (sulfide) groups is 2. The Balaban J connectivity index is 4.76. The minimum atomic E-state index is -4.54. The second-order valence-electron chi connectivity index (χ2n) is 3.92. The van der Waals surface area contributed by atoms with Gasteiger partial charge in [-0.1, -0.05) is 0 Å². The number of hydrogen-bond donors (Lipinski definition) is 2. The molecule has 0 fully saturated rings. The lowest BCUT2D eigenvalue weighted by molar-refractivity contribution is -0.115. The smallest absolute Gasteiger partial charge is 0.276 e. The highest BCUT2D eigenvalue weighted by Crippen LogP contribution is 2.09. The molecule has 0 heterocycles. The van der Waals surface area contributed by atoms with Gasteiger partial charge in [-0.3, -0.25) is 9.59 Å². The van der Waals surface area contributed by atoms with Crippen molar-refractivity contribution in [3.05, 3.63) is 0 Å². The van der Waals surface area contributed by atoms with Crippen LogP contribution in [-0.2, 0) is 19.4 Å². The summed E-state index contributed by atoms with van der Waals surface area (Å²) in [6.45, 7) is 0. The van der Waals surface area contributed by atoms with Crippen LogP contribution in [-0.4, -0.2) is 54.7 Å². The summed E-state index contributed by atoms with van der Waals surface area (Å²) in [4.78, 5) is 23.4. The topological polar surface area (TPSA) is 120 Å². The standard InChI is InChI=1S/C10H20N2O4S3/c1-17-5-3-7(11)9(13)19(15,16)10(14)8(12)4-6-18-2/h7-8H,3-6,11-12H2,1-2H3. The molecule has 0 radical (unpaired) electrons. The van der Waals surface area contributed by atoms with E-state index in [2.05, 4.69) is 0 Å². The third-order valence-corrected chi connectivity index (χ3v) is 5.35. The highest BCUT2D eigenvalue weighted by molar-refractivity contribution is 8.19. The van der Waals surface area contributed by atoms with E-state index in [1.165, 1.54) is 23.5 Å². The van der Waals surface area contributed by atoms with Crippen LogP contribution in [0.15, 0.2) is 0 Å². The van der Waals surface area contributed by atoms with Crippen LogP contribution < -0.4 is 11.5 Å². The van der Waals surface area contributed by atoms with E-state index in [1.54, 1.807) is 0 Å². The summed E-state index contributed by atoms with van der Waals surface area (Å²) in [5.41, 5.74) is 11.0. The number of rotatable bonds is 8. The SMILES string of the molecule is CSCCC(N)C(=O)S(=O)(=O)C(=O)C(N)CCSC. The number of nitrogens with two attached hydrogens (primary N) is 2. The maximum Gasteiger partial charge on any atom is 0.276 e. The van der Waals surface area contributed by atoms with Gasteiger partial charge in [0.25, 0.3) is 20.1 Å². The van der Waals surface area contributed by atoms with Crippen LogP contribution in [0.25, 0.3) is 0 Å². The second-order valence-corrected chi connectivity index (χ2v) is 7.70. The van der Waals surface area contributed by atoms with E-state index >= 15 is 0 Å². The summed E-state index contributed by atoms with van der Waals surface area (Å²) in [6.07, 6.45) is 4.06. The molecule has 0 aliphatic heterocycles. The normalized spacial score (nSPS) is 14.9. The molecule has 4 N–H and O–H groups in total. The van der Waals surface area contributed by atoms with Crippen molar-refractivity contribution in [2.75, 3.05) is 24.0 Å². The number of hydrogen-bond acceptors (Lipinski definition) is 8. The lowest BCUT2D eigenvalue weighted by Gasteiger charge is -2.12. The molecule has 0 bridgehead atoms. The summed E-state index contributed by atoms with van der Waals surface area (Å²) >= 11 is 2.89. The van der Waals surface area contributed by atoms with Crippen LogP contribution in [0.4, 0.5) is 0 Å². The van der Waals surface area contributed by atoms with Gasteiger partial charge in [0, 0.05) is 0 Å². The first kappa shape index (κ1) is 18.9. The first-order chi connectivity index (χ1) is 8.78. The van der Waals surface area contributed by atoms with Crippen LogP contribution in [0, 0.1) is 0 Å². The second kappa shape index (κ2) is 8.96. The molecule has 19 heavy (non-hydrogen) atoms. The van der Waals surface area contributed by atoms with Crippen molar-refractivity contribution in [2.45, 2.75) is 24.9 Å². The fraction of sp³-hybridized carbons (Fsp3) is 0.800. The Kier molecular flexibility index (Phi) is 8.92. The fourth-order valence-electron chi connectivity index (χ4n) is 1.22. The Labute approximate surface area is 122 Å². The number of carbonyl (C=O) groups is 2. The molecule has 9 heteroatoms. The summed E-state index contributed by atoms with van der Waals surface area (Å²) in [7, 11) is -4.54. The predicted molar refractivity (Wildman–Crippen MR) is 80.9 cm³/mol. The zero-order valence-electron chi connectivity index (χ0n) is 11.0. The molecule has 0 rings (SSSR count). The Hall–Kier alpha value is -0.0900. The molecule has 0 saturated carbocycles. The molecule has 112 valence electrons. The maximum atomic E-state index is 11.8. The zero-order valence-corrected chi connectivity index (χ0v) is 13.4. The lowest BCUT2D eigenvalue weighted by atomic mass is 10.3. The average Bonchev–Trinajstić information content (AvgIpc) is 2.39. The predicted octanol–water partition coefficient (Wildman–Crippen LogP) is -0.385. The zero-order chi connectivity index (χ0) is 15.1. The van der Waals surface area contributed by atoms with E-state index in [9.17, 15) is 18.0 Å². The van der Waals surface area contributed by atoms with Crippen molar-refractivity contribution < 1.29 is 18.0 Å². The van der Waals surface area contributed by atoms with Gasteiger partial charge in [0.1, 0.15) is 0 Å². The first-order valence-corrected chi connectivity index (χ1v) is 9.88. The summed E-state index contributed by atoms with van der Waals surface area (Å²) in [5.74, 6) is 1.10. The van der Waals surface area contributed by atoms with Crippen molar-refractivity contribution >= 4 is 43.6 Å². The number of carbonyl (C=O) groups excluding carboxylic acids is 2. The van der Waals surface area contributed by atoms with Crippen LogP contribution in [0.3, 0.4) is 0 Å². The van der Waals surface area contributed by atoms with Crippen molar-refractivity contribution in [1.82, 2.24) is 0 Å². The molecule has 0 aromatic carbocycles. The molecule has 0 saturated heterocycles. The minimum Gasteiger partial charge on any atom is -0.321 e. The molecule has 0 aromatic rings. The monoisotopic (exact) mass is 328 g/mol. The highest BCUT2D eigenvalue weighted by Gasteiger charge is 2.37. The van der Waals surface area contributed by atoms with Gasteiger partial charge < -0.3 is 11.5 Å². The van der Waals surface area contributed by atoms with Gasteiger partial charge >= 0.3 is 0 Å². The summed E-state index contributed by atoms with van der Waals surface area (Å²) < 4.78 is 23.5. The van der Waals surface area contributed by atoms with Crippen LogP contribution in [0.1, 0.15) is 12.8 Å². The third-order valence-electron chi connectivity index (χ3n) is 2.40. The third kappa shape index (κ3) is 5.82. The Bertz CT molecular complexity index is 379. The molecule has 0 aliphatic rings. The molecule has 0 aliphatic carbocycles. The maximum absolute atomic E-state index is 11.8. The van der Waals surface area contributed by atoms with Gasteiger partial charge in [0.15, 0.2) is 0 Å². The van der Waals surface area contributed by atoms with E-state index in [0.29, 0.717) is 11.5 Å². The molecular formula is C10H20N2O4S3. The van der Waals surface area contributed by atoms with Gasteiger partial charge in [-0.25, -0.2) is 8.42 Å². The van der Waals surface area contributed by atoms with Crippen molar-refractivity contribution in [1.29, 1.82) is 0 Å². The van der Waals surface area contributed by atoms with Gasteiger partial charge in [-0.05, 0) is 36.9 Å². The first-order valence-electron chi connectivity index (χ1n) is 5.60. The van der Waals surface area contributed by atoms with E-state index in [-0.39, 0.29) is 12.8 Å². The van der Waals surface area contributed by atoms with Crippen LogP contribution in [0.5, 0.6) is 0 Å². The lowest BCUT2D eigenvalue weighted by Crippen LogP contribution is -2.45. The number of sulfone groups is 1. The largest absolute Gasteiger partial charge is 0.321 e. The molecule has 6 nitrogen and oxygen atoms in total. The fourth-order valence-corrected chi connectivity index (χ4v) is 3.43. The van der Waals surface area contributed by atoms with Crippen molar-refractivity contribution in [2.24, 2.45) is 11.5 Å². The van der Waals surface area contributed by atoms with Gasteiger partial charge in [0.05, 0.1) is 12.1 Å². The van der Waals surface area contributed by atoms with Crippen LogP contribution in [0.2, 0.25) is 0 Å². The Morgan fingerprint density at radius 2 is 1.26 bits per heavy atom. The molecule has 0 aromatic heterocycles. The molecule has 2 atom stereocenters. The summed E-state index contributed by atoms with van der Waals surface area (Å²) in [5, 5.41) is -2.46. The average molecular weight is 328 g/mol. The summed E-state index contributed by atoms with van der Waals surface area (Å²) in [6, 6.07) is -2.34. The quantitative estimate of drug-likeness (QED) is 0.618. The highest BCUT2D eigenvalue weighted by atomic mass is 32.2. The van der Waals surface area contributed by atoms with E-state index in [1.807, 2.05) is 12.5 Å². The van der Waals surface area contributed by atoms with Gasteiger partial charge in [-0.2, -0.15) is 23.5 Å². The van der Waals surface area contributed by atoms with Crippen LogP contribution >= 0.6 is 23.5 Å². The molecule has 2 unspecified atom stereocenters. The Morgan fingerprint density at radius 3 is 1.53 bits per heavy atom.